The summed E-state index contributed by atoms with van der Waals surface area (Å²) >= 11 is 9.31. The van der Waals surface area contributed by atoms with E-state index in [0.29, 0.717) is 16.4 Å². The number of nitrogens with one attached hydrogen (secondary N) is 1. The summed E-state index contributed by atoms with van der Waals surface area (Å²) in [6.07, 6.45) is 0.794. The van der Waals surface area contributed by atoms with Crippen molar-refractivity contribution in [2.24, 2.45) is 0 Å². The molecular weight excluding hydrogens is 390 g/mol. The first kappa shape index (κ1) is 16.7. The molecule has 1 aromatic heterocycles. The quantitative estimate of drug-likeness (QED) is 0.657. The van der Waals surface area contributed by atoms with Crippen molar-refractivity contribution < 1.29 is 4.79 Å². The minimum Gasteiger partial charge on any atom is -0.305 e. The summed E-state index contributed by atoms with van der Waals surface area (Å²) in [6, 6.07) is 16.5. The van der Waals surface area contributed by atoms with Gasteiger partial charge in [0.05, 0.1) is 5.69 Å². The molecule has 0 aliphatic carbocycles. The highest BCUT2D eigenvalue weighted by atomic mass is 79.9. The summed E-state index contributed by atoms with van der Waals surface area (Å²) in [4.78, 5) is 12.4. The minimum absolute atomic E-state index is 0.195. The normalized spacial score (nSPS) is 10.6. The highest BCUT2D eigenvalue weighted by Crippen LogP contribution is 2.19. The first-order valence-corrected chi connectivity index (χ1v) is 8.65. The van der Waals surface area contributed by atoms with Crippen LogP contribution < -0.4 is 5.32 Å². The average Bonchev–Trinajstić information content (AvgIpc) is 2.98. The van der Waals surface area contributed by atoms with E-state index < -0.39 is 0 Å². The zero-order valence-corrected chi connectivity index (χ0v) is 15.3. The number of hydrogen-bond acceptors (Lipinski definition) is 2. The van der Waals surface area contributed by atoms with Crippen LogP contribution in [-0.4, -0.2) is 15.7 Å². The SMILES string of the molecule is CCc1cc(NC(=O)c2cccc(Br)c2)nn1-c1ccc(Cl)cc1. The smallest absolute Gasteiger partial charge is 0.256 e. The van der Waals surface area contributed by atoms with Crippen molar-refractivity contribution in [2.45, 2.75) is 13.3 Å². The first-order chi connectivity index (χ1) is 11.6. The van der Waals surface area contributed by atoms with Crippen LogP contribution in [0.4, 0.5) is 5.82 Å². The number of aromatic nitrogens is 2. The van der Waals surface area contributed by atoms with Crippen LogP contribution in [0, 0.1) is 0 Å². The second-order valence-electron chi connectivity index (χ2n) is 5.23. The Morgan fingerprint density at radius 2 is 1.96 bits per heavy atom. The van der Waals surface area contributed by atoms with Gasteiger partial charge in [0.15, 0.2) is 5.82 Å². The van der Waals surface area contributed by atoms with Gasteiger partial charge in [-0.05, 0) is 48.9 Å². The molecule has 3 aromatic rings. The lowest BCUT2D eigenvalue weighted by Crippen LogP contribution is -2.12. The van der Waals surface area contributed by atoms with Gasteiger partial charge >= 0.3 is 0 Å². The van der Waals surface area contributed by atoms with Crippen molar-refractivity contribution in [3.05, 3.63) is 75.4 Å². The fourth-order valence-electron chi connectivity index (χ4n) is 2.36. The average molecular weight is 405 g/mol. The van der Waals surface area contributed by atoms with Crippen LogP contribution >= 0.6 is 27.5 Å². The lowest BCUT2D eigenvalue weighted by atomic mass is 10.2. The van der Waals surface area contributed by atoms with E-state index in [2.05, 4.69) is 26.3 Å². The van der Waals surface area contributed by atoms with Crippen LogP contribution in [-0.2, 0) is 6.42 Å². The van der Waals surface area contributed by atoms with Gasteiger partial charge in [-0.2, -0.15) is 0 Å². The topological polar surface area (TPSA) is 46.9 Å². The molecule has 3 rings (SSSR count). The summed E-state index contributed by atoms with van der Waals surface area (Å²) in [5, 5.41) is 8.02. The Kier molecular flexibility index (Phi) is 5.02. The predicted octanol–water partition coefficient (Wildman–Crippen LogP) is 5.10. The zero-order valence-electron chi connectivity index (χ0n) is 13.0. The maximum Gasteiger partial charge on any atom is 0.256 e. The second-order valence-corrected chi connectivity index (χ2v) is 6.58. The molecule has 0 saturated heterocycles. The standard InChI is InChI=1S/C18H15BrClN3O/c1-2-15-11-17(21-18(24)12-4-3-5-13(19)10-12)22-23(15)16-8-6-14(20)7-9-16/h3-11H,2H2,1H3,(H,21,22,24). The summed E-state index contributed by atoms with van der Waals surface area (Å²) in [5.41, 5.74) is 2.48. The van der Waals surface area contributed by atoms with Crippen LogP contribution in [0.25, 0.3) is 5.69 Å². The van der Waals surface area contributed by atoms with Gasteiger partial charge in [0.1, 0.15) is 0 Å². The third-order valence-corrected chi connectivity index (χ3v) is 4.29. The molecule has 4 nitrogen and oxygen atoms in total. The van der Waals surface area contributed by atoms with Gasteiger partial charge in [-0.3, -0.25) is 4.79 Å². The Balaban J connectivity index is 1.87. The van der Waals surface area contributed by atoms with Gasteiger partial charge in [-0.15, -0.1) is 5.10 Å². The van der Waals surface area contributed by atoms with Gasteiger partial charge in [0, 0.05) is 26.8 Å². The van der Waals surface area contributed by atoms with Crippen LogP contribution in [0.15, 0.2) is 59.1 Å². The molecule has 0 saturated carbocycles. The number of aryl methyl sites for hydroxylation is 1. The van der Waals surface area contributed by atoms with Gasteiger partial charge in [-0.25, -0.2) is 4.68 Å². The summed E-state index contributed by atoms with van der Waals surface area (Å²) < 4.78 is 2.67. The molecule has 24 heavy (non-hydrogen) atoms. The second kappa shape index (κ2) is 7.20. The van der Waals surface area contributed by atoms with Crippen molar-refractivity contribution >= 4 is 39.3 Å². The number of carbonyl (C=O) groups is 1. The lowest BCUT2D eigenvalue weighted by Gasteiger charge is -2.05. The fraction of sp³-hybridized carbons (Fsp3) is 0.111. The number of halogens is 2. The predicted molar refractivity (Wildman–Crippen MR) is 100 cm³/mol. The Morgan fingerprint density at radius 1 is 1.21 bits per heavy atom. The van der Waals surface area contributed by atoms with Crippen LogP contribution in [0.1, 0.15) is 23.0 Å². The maximum absolute atomic E-state index is 12.4. The molecule has 6 heteroatoms. The van der Waals surface area contributed by atoms with Gasteiger partial charge in [0.25, 0.3) is 5.91 Å². The van der Waals surface area contributed by atoms with E-state index in [1.54, 1.807) is 12.1 Å². The Hall–Kier alpha value is -2.11. The number of amides is 1. The molecule has 2 aromatic carbocycles. The van der Waals surface area contributed by atoms with Crippen LogP contribution in [0.2, 0.25) is 5.02 Å². The Labute approximate surface area is 153 Å². The molecule has 0 radical (unpaired) electrons. The minimum atomic E-state index is -0.195. The zero-order chi connectivity index (χ0) is 17.1. The van der Waals surface area contributed by atoms with E-state index >= 15 is 0 Å². The molecule has 0 spiro atoms. The fourth-order valence-corrected chi connectivity index (χ4v) is 2.88. The van der Waals surface area contributed by atoms with E-state index in [0.717, 1.165) is 22.3 Å². The molecular formula is C18H15BrClN3O. The van der Waals surface area contributed by atoms with E-state index in [-0.39, 0.29) is 5.91 Å². The number of anilines is 1. The van der Waals surface area contributed by atoms with Gasteiger partial charge in [0.2, 0.25) is 0 Å². The van der Waals surface area contributed by atoms with E-state index in [1.807, 2.05) is 54.1 Å². The van der Waals surface area contributed by atoms with Crippen LogP contribution in [0.3, 0.4) is 0 Å². The van der Waals surface area contributed by atoms with Crippen molar-refractivity contribution in [1.29, 1.82) is 0 Å². The number of rotatable bonds is 4. The highest BCUT2D eigenvalue weighted by Gasteiger charge is 2.12. The van der Waals surface area contributed by atoms with Gasteiger partial charge in [-0.1, -0.05) is 40.5 Å². The molecule has 0 fully saturated rings. The molecule has 122 valence electrons. The van der Waals surface area contributed by atoms with E-state index in [1.165, 1.54) is 0 Å². The van der Waals surface area contributed by atoms with Crippen LogP contribution in [0.5, 0.6) is 0 Å². The third kappa shape index (κ3) is 3.68. The van der Waals surface area contributed by atoms with E-state index in [9.17, 15) is 4.79 Å². The maximum atomic E-state index is 12.4. The van der Waals surface area contributed by atoms with Gasteiger partial charge < -0.3 is 5.32 Å². The summed E-state index contributed by atoms with van der Waals surface area (Å²) in [7, 11) is 0. The molecule has 1 N–H and O–H groups in total. The Bertz CT molecular complexity index is 874. The third-order valence-electron chi connectivity index (χ3n) is 3.54. The lowest BCUT2D eigenvalue weighted by molar-refractivity contribution is 0.102. The number of nitrogens with zero attached hydrogens (tertiary/aromatic N) is 2. The molecule has 0 atom stereocenters. The van der Waals surface area contributed by atoms with Crippen molar-refractivity contribution in [1.82, 2.24) is 9.78 Å². The Morgan fingerprint density at radius 3 is 2.62 bits per heavy atom. The van der Waals surface area contributed by atoms with E-state index in [4.69, 9.17) is 11.6 Å². The molecule has 1 amide bonds. The summed E-state index contributed by atoms with van der Waals surface area (Å²) in [5.74, 6) is 0.325. The number of carbonyl (C=O) groups excluding carboxylic acids is 1. The highest BCUT2D eigenvalue weighted by molar-refractivity contribution is 9.10. The van der Waals surface area contributed by atoms with Crippen molar-refractivity contribution in [2.75, 3.05) is 5.32 Å². The molecule has 0 aliphatic rings. The molecule has 0 unspecified atom stereocenters. The summed E-state index contributed by atoms with van der Waals surface area (Å²) in [6.45, 7) is 2.04. The molecule has 0 bridgehead atoms. The molecule has 0 aliphatic heterocycles. The van der Waals surface area contributed by atoms with Crippen molar-refractivity contribution in [3.63, 3.8) is 0 Å². The molecule has 1 heterocycles. The number of benzene rings is 2. The largest absolute Gasteiger partial charge is 0.305 e. The first-order valence-electron chi connectivity index (χ1n) is 7.48. The van der Waals surface area contributed by atoms with Crippen molar-refractivity contribution in [3.8, 4) is 5.69 Å². The number of hydrogen-bond donors (Lipinski definition) is 1. The monoisotopic (exact) mass is 403 g/mol.